The first-order valence-corrected chi connectivity index (χ1v) is 12.7. The van der Waals surface area contributed by atoms with Crippen LogP contribution in [0.15, 0.2) is 18.5 Å². The van der Waals surface area contributed by atoms with Crippen LogP contribution in [0.25, 0.3) is 11.4 Å². The summed E-state index contributed by atoms with van der Waals surface area (Å²) in [6.45, 7) is 7.21. The van der Waals surface area contributed by atoms with Crippen LogP contribution in [0.2, 0.25) is 0 Å². The van der Waals surface area contributed by atoms with Crippen molar-refractivity contribution in [3.8, 4) is 11.4 Å². The number of piperidine rings is 1. The highest BCUT2D eigenvalue weighted by molar-refractivity contribution is 5.77. The van der Waals surface area contributed by atoms with Gasteiger partial charge >= 0.3 is 6.09 Å². The van der Waals surface area contributed by atoms with Gasteiger partial charge in [0.05, 0.1) is 17.6 Å². The molecular weight excluding hydrogens is 446 g/mol. The Morgan fingerprint density at radius 1 is 1.09 bits per heavy atom. The summed E-state index contributed by atoms with van der Waals surface area (Å²) in [6, 6.07) is 2.43. The SMILES string of the molecule is Cc1ncc(-c2ccnc(NC3CCC(C(C(N)=O)C4CCN(C(=O)O)CC4)CC3)n2)n1C(C)C. The van der Waals surface area contributed by atoms with E-state index in [1.165, 1.54) is 4.90 Å². The predicted octanol–water partition coefficient (Wildman–Crippen LogP) is 3.69. The van der Waals surface area contributed by atoms with Crippen molar-refractivity contribution < 1.29 is 14.7 Å². The molecule has 2 amide bonds. The lowest BCUT2D eigenvalue weighted by Gasteiger charge is -2.39. The highest BCUT2D eigenvalue weighted by Crippen LogP contribution is 2.38. The number of carbonyl (C=O) groups excluding carboxylic acids is 1. The molecule has 1 aliphatic carbocycles. The zero-order valence-corrected chi connectivity index (χ0v) is 20.9. The van der Waals surface area contributed by atoms with Gasteiger partial charge in [0.25, 0.3) is 0 Å². The van der Waals surface area contributed by atoms with Crippen molar-refractivity contribution in [2.24, 2.45) is 23.5 Å². The summed E-state index contributed by atoms with van der Waals surface area (Å²) in [7, 11) is 0. The number of aryl methyl sites for hydroxylation is 1. The van der Waals surface area contributed by atoms with Gasteiger partial charge in [0.15, 0.2) is 0 Å². The second kappa shape index (κ2) is 10.6. The van der Waals surface area contributed by atoms with Crippen LogP contribution in [0.3, 0.4) is 0 Å². The van der Waals surface area contributed by atoms with E-state index in [0.717, 1.165) is 42.9 Å². The number of aromatic nitrogens is 4. The number of nitrogens with two attached hydrogens (primary N) is 1. The molecule has 190 valence electrons. The van der Waals surface area contributed by atoms with E-state index < -0.39 is 6.09 Å². The molecule has 2 aromatic rings. The van der Waals surface area contributed by atoms with Crippen molar-refractivity contribution in [3.63, 3.8) is 0 Å². The molecule has 1 atom stereocenters. The lowest BCUT2D eigenvalue weighted by Crippen LogP contribution is -2.45. The molecule has 0 spiro atoms. The van der Waals surface area contributed by atoms with Gasteiger partial charge in [-0.05, 0) is 77.2 Å². The summed E-state index contributed by atoms with van der Waals surface area (Å²) in [4.78, 5) is 38.7. The predicted molar refractivity (Wildman–Crippen MR) is 133 cm³/mol. The Morgan fingerprint density at radius 3 is 2.34 bits per heavy atom. The van der Waals surface area contributed by atoms with Gasteiger partial charge in [0.1, 0.15) is 5.82 Å². The van der Waals surface area contributed by atoms with Crippen molar-refractivity contribution in [1.29, 1.82) is 0 Å². The van der Waals surface area contributed by atoms with Gasteiger partial charge in [-0.1, -0.05) is 0 Å². The molecule has 0 aromatic carbocycles. The summed E-state index contributed by atoms with van der Waals surface area (Å²) < 4.78 is 2.17. The quantitative estimate of drug-likeness (QED) is 0.546. The van der Waals surface area contributed by atoms with Gasteiger partial charge in [-0.2, -0.15) is 0 Å². The van der Waals surface area contributed by atoms with Crippen molar-refractivity contribution in [2.75, 3.05) is 18.4 Å². The lowest BCUT2D eigenvalue weighted by molar-refractivity contribution is -0.126. The second-order valence-electron chi connectivity index (χ2n) is 10.2. The maximum atomic E-state index is 12.4. The minimum atomic E-state index is -0.888. The van der Waals surface area contributed by atoms with E-state index in [0.29, 0.717) is 31.9 Å². The van der Waals surface area contributed by atoms with E-state index in [-0.39, 0.29) is 35.7 Å². The van der Waals surface area contributed by atoms with Crippen molar-refractivity contribution in [2.45, 2.75) is 71.4 Å². The van der Waals surface area contributed by atoms with E-state index in [1.807, 2.05) is 19.2 Å². The lowest BCUT2D eigenvalue weighted by atomic mass is 9.70. The van der Waals surface area contributed by atoms with Crippen LogP contribution in [0.5, 0.6) is 0 Å². The number of rotatable bonds is 7. The summed E-state index contributed by atoms with van der Waals surface area (Å²) in [6.07, 6.45) is 7.79. The van der Waals surface area contributed by atoms with E-state index in [1.54, 1.807) is 6.20 Å². The Labute approximate surface area is 206 Å². The van der Waals surface area contributed by atoms with Crippen molar-refractivity contribution in [3.05, 3.63) is 24.3 Å². The van der Waals surface area contributed by atoms with Crippen LogP contribution in [0, 0.1) is 24.7 Å². The number of carbonyl (C=O) groups is 2. The minimum absolute atomic E-state index is 0.159. The largest absolute Gasteiger partial charge is 0.465 e. The number of nitrogens with zero attached hydrogens (tertiary/aromatic N) is 5. The van der Waals surface area contributed by atoms with Crippen LogP contribution in [0.1, 0.15) is 64.2 Å². The summed E-state index contributed by atoms with van der Waals surface area (Å²) in [5.41, 5.74) is 7.66. The number of likely N-dealkylation sites (tertiary alicyclic amines) is 1. The number of carboxylic acid groups (broad SMARTS) is 1. The molecule has 10 nitrogen and oxygen atoms in total. The fraction of sp³-hybridized carbons (Fsp3) is 0.640. The number of hydrogen-bond donors (Lipinski definition) is 3. The number of primary amides is 1. The van der Waals surface area contributed by atoms with E-state index in [9.17, 15) is 14.7 Å². The number of hydrogen-bond acceptors (Lipinski definition) is 6. The zero-order chi connectivity index (χ0) is 25.1. The molecular formula is C25H37N7O3. The third kappa shape index (κ3) is 5.57. The van der Waals surface area contributed by atoms with Crippen LogP contribution in [-0.2, 0) is 4.79 Å². The Kier molecular flexibility index (Phi) is 7.57. The molecule has 1 aliphatic heterocycles. The molecule has 1 saturated carbocycles. The van der Waals surface area contributed by atoms with Gasteiger partial charge in [-0.15, -0.1) is 0 Å². The topological polar surface area (TPSA) is 139 Å². The van der Waals surface area contributed by atoms with Gasteiger partial charge < -0.3 is 25.6 Å². The summed E-state index contributed by atoms with van der Waals surface area (Å²) in [5.74, 6) is 1.52. The molecule has 2 aliphatic rings. The summed E-state index contributed by atoms with van der Waals surface area (Å²) in [5, 5.41) is 12.7. The highest BCUT2D eigenvalue weighted by atomic mass is 16.4. The summed E-state index contributed by atoms with van der Waals surface area (Å²) >= 11 is 0. The van der Waals surface area contributed by atoms with Crippen LogP contribution in [-0.4, -0.2) is 60.7 Å². The molecule has 3 heterocycles. The number of anilines is 1. The maximum Gasteiger partial charge on any atom is 0.407 e. The molecule has 10 heteroatoms. The molecule has 1 unspecified atom stereocenters. The number of amides is 2. The minimum Gasteiger partial charge on any atom is -0.465 e. The van der Waals surface area contributed by atoms with Crippen molar-refractivity contribution >= 4 is 17.9 Å². The maximum absolute atomic E-state index is 12.4. The van der Waals surface area contributed by atoms with Crippen LogP contribution >= 0.6 is 0 Å². The normalized spacial score (nSPS) is 22.2. The Balaban J connectivity index is 1.37. The first-order valence-electron chi connectivity index (χ1n) is 12.7. The monoisotopic (exact) mass is 483 g/mol. The molecule has 35 heavy (non-hydrogen) atoms. The van der Waals surface area contributed by atoms with Gasteiger partial charge in [0, 0.05) is 37.3 Å². The van der Waals surface area contributed by atoms with E-state index >= 15 is 0 Å². The van der Waals surface area contributed by atoms with E-state index in [2.05, 4.69) is 33.7 Å². The smallest absolute Gasteiger partial charge is 0.407 e. The first-order chi connectivity index (χ1) is 16.7. The molecule has 4 rings (SSSR count). The Hall–Kier alpha value is -3.17. The van der Waals surface area contributed by atoms with Gasteiger partial charge in [-0.25, -0.2) is 19.7 Å². The average molecular weight is 484 g/mol. The molecule has 2 fully saturated rings. The fourth-order valence-electron chi connectivity index (χ4n) is 5.97. The molecule has 2 aromatic heterocycles. The zero-order valence-electron chi connectivity index (χ0n) is 20.9. The third-order valence-corrected chi connectivity index (χ3v) is 7.68. The van der Waals surface area contributed by atoms with Crippen LogP contribution < -0.4 is 11.1 Å². The highest BCUT2D eigenvalue weighted by Gasteiger charge is 2.38. The molecule has 1 saturated heterocycles. The first kappa shape index (κ1) is 24.9. The average Bonchev–Trinajstić information content (AvgIpc) is 3.22. The van der Waals surface area contributed by atoms with E-state index in [4.69, 9.17) is 10.7 Å². The Bertz CT molecular complexity index is 1040. The number of imidazole rings is 1. The van der Waals surface area contributed by atoms with Gasteiger partial charge in [-0.3, -0.25) is 4.79 Å². The third-order valence-electron chi connectivity index (χ3n) is 7.68. The second-order valence-corrected chi connectivity index (χ2v) is 10.2. The standard InChI is InChI=1S/C25H37N7O3/c1-15(2)32-16(3)28-14-21(32)20-8-11-27-24(30-20)29-19-6-4-17(5-7-19)22(23(26)33)18-9-12-31(13-10-18)25(34)35/h8,11,14-15,17-19,22H,4-7,9-10,12-13H2,1-3H3,(H2,26,33)(H,34,35)(H,27,29,30). The Morgan fingerprint density at radius 2 is 1.74 bits per heavy atom. The van der Waals surface area contributed by atoms with Gasteiger partial charge in [0.2, 0.25) is 11.9 Å². The number of nitrogens with one attached hydrogen (secondary N) is 1. The molecule has 4 N–H and O–H groups in total. The molecule has 0 bridgehead atoms. The van der Waals surface area contributed by atoms with Crippen molar-refractivity contribution in [1.82, 2.24) is 24.4 Å². The van der Waals surface area contributed by atoms with Crippen LogP contribution in [0.4, 0.5) is 10.7 Å². The fourth-order valence-corrected chi connectivity index (χ4v) is 5.97. The molecule has 0 radical (unpaired) electrons.